The molecule has 4 heteroatoms. The monoisotopic (exact) mass is 273 g/mol. The van der Waals surface area contributed by atoms with Crippen LogP contribution in [0.15, 0.2) is 0 Å². The van der Waals surface area contributed by atoms with E-state index in [-0.39, 0.29) is 0 Å². The summed E-state index contributed by atoms with van der Waals surface area (Å²) < 4.78 is 10.8. The van der Waals surface area contributed by atoms with Gasteiger partial charge < -0.3 is 19.9 Å². The fraction of sp³-hybridized carbons (Fsp3) is 1.00. The van der Waals surface area contributed by atoms with E-state index in [2.05, 4.69) is 19.2 Å². The Bertz CT molecular complexity index is 223. The molecule has 0 spiro atoms. The summed E-state index contributed by atoms with van der Waals surface area (Å²) in [5.41, 5.74) is 0. The first-order chi connectivity index (χ1) is 9.11. The molecule has 0 saturated heterocycles. The highest BCUT2D eigenvalue weighted by Crippen LogP contribution is 2.21. The van der Waals surface area contributed by atoms with Crippen molar-refractivity contribution in [3.63, 3.8) is 0 Å². The Morgan fingerprint density at radius 2 is 2.11 bits per heavy atom. The van der Waals surface area contributed by atoms with Crippen LogP contribution in [0.25, 0.3) is 0 Å². The summed E-state index contributed by atoms with van der Waals surface area (Å²) in [6.07, 6.45) is 5.57. The van der Waals surface area contributed by atoms with Gasteiger partial charge in [0.05, 0.1) is 18.8 Å². The van der Waals surface area contributed by atoms with Gasteiger partial charge in [0, 0.05) is 26.3 Å². The highest BCUT2D eigenvalue weighted by molar-refractivity contribution is 4.81. The van der Waals surface area contributed by atoms with Crippen molar-refractivity contribution < 1.29 is 14.6 Å². The minimum absolute atomic E-state index is 0.391. The van der Waals surface area contributed by atoms with E-state index >= 15 is 0 Å². The molecule has 0 heterocycles. The molecule has 3 unspecified atom stereocenters. The number of rotatable bonds is 10. The van der Waals surface area contributed by atoms with Gasteiger partial charge in [-0.3, -0.25) is 0 Å². The van der Waals surface area contributed by atoms with Crippen LogP contribution < -0.4 is 5.32 Å². The summed E-state index contributed by atoms with van der Waals surface area (Å²) in [7, 11) is 1.77. The molecule has 0 bridgehead atoms. The summed E-state index contributed by atoms with van der Waals surface area (Å²) in [4.78, 5) is 0. The molecular weight excluding hydrogens is 242 g/mol. The zero-order valence-electron chi connectivity index (χ0n) is 12.7. The molecule has 0 aliphatic heterocycles. The van der Waals surface area contributed by atoms with Gasteiger partial charge in [0.15, 0.2) is 0 Å². The summed E-state index contributed by atoms with van der Waals surface area (Å²) in [5, 5.41) is 13.2. The van der Waals surface area contributed by atoms with Crippen molar-refractivity contribution in [2.24, 2.45) is 5.92 Å². The zero-order valence-corrected chi connectivity index (χ0v) is 12.7. The van der Waals surface area contributed by atoms with Gasteiger partial charge in [0.25, 0.3) is 0 Å². The van der Waals surface area contributed by atoms with Gasteiger partial charge in [-0.25, -0.2) is 0 Å². The van der Waals surface area contributed by atoms with Gasteiger partial charge in [-0.2, -0.15) is 0 Å². The second-order valence-electron chi connectivity index (χ2n) is 6.04. The Balaban J connectivity index is 1.95. The number of hydrogen-bond acceptors (Lipinski definition) is 4. The normalized spacial score (nSPS) is 25.1. The minimum atomic E-state index is -0.402. The third-order valence-electron chi connectivity index (χ3n) is 3.74. The molecule has 19 heavy (non-hydrogen) atoms. The lowest BCUT2D eigenvalue weighted by Crippen LogP contribution is -2.36. The Hall–Kier alpha value is -0.160. The second kappa shape index (κ2) is 9.70. The number of hydrogen-bond donors (Lipinski definition) is 2. The van der Waals surface area contributed by atoms with Crippen molar-refractivity contribution in [2.45, 2.75) is 64.2 Å². The first-order valence-electron chi connectivity index (χ1n) is 7.63. The van der Waals surface area contributed by atoms with Gasteiger partial charge in [0.1, 0.15) is 0 Å². The minimum Gasteiger partial charge on any atom is -0.389 e. The van der Waals surface area contributed by atoms with Crippen LogP contribution in [0.3, 0.4) is 0 Å². The maximum Gasteiger partial charge on any atom is 0.0897 e. The molecule has 0 amide bonds. The third kappa shape index (κ3) is 7.88. The molecule has 0 aromatic heterocycles. The van der Waals surface area contributed by atoms with E-state index in [0.29, 0.717) is 25.3 Å². The third-order valence-corrected chi connectivity index (χ3v) is 3.74. The average molecular weight is 273 g/mol. The van der Waals surface area contributed by atoms with Crippen molar-refractivity contribution in [2.75, 3.05) is 26.9 Å². The highest BCUT2D eigenvalue weighted by atomic mass is 16.5. The van der Waals surface area contributed by atoms with E-state index in [4.69, 9.17) is 9.47 Å². The maximum atomic E-state index is 9.82. The van der Waals surface area contributed by atoms with E-state index in [1.54, 1.807) is 7.11 Å². The van der Waals surface area contributed by atoms with Crippen LogP contribution >= 0.6 is 0 Å². The molecule has 3 atom stereocenters. The molecule has 1 fully saturated rings. The standard InChI is InChI=1S/C15H31NO3/c1-12(2)5-4-8-19-11-14(17)10-16-13-6-7-15(9-13)18-3/h12-17H,4-11H2,1-3H3. The van der Waals surface area contributed by atoms with E-state index in [1.807, 2.05) is 0 Å². The van der Waals surface area contributed by atoms with Crippen LogP contribution in [0.4, 0.5) is 0 Å². The number of aliphatic hydroxyl groups excluding tert-OH is 1. The Kier molecular flexibility index (Phi) is 8.62. The lowest BCUT2D eigenvalue weighted by Gasteiger charge is -2.17. The lowest BCUT2D eigenvalue weighted by atomic mass is 10.1. The van der Waals surface area contributed by atoms with Gasteiger partial charge in [-0.15, -0.1) is 0 Å². The van der Waals surface area contributed by atoms with Crippen LogP contribution in [0.2, 0.25) is 0 Å². The summed E-state index contributed by atoms with van der Waals surface area (Å²) in [6, 6.07) is 0.487. The first-order valence-corrected chi connectivity index (χ1v) is 7.63. The van der Waals surface area contributed by atoms with E-state index in [0.717, 1.165) is 38.2 Å². The van der Waals surface area contributed by atoms with Crippen LogP contribution in [0.5, 0.6) is 0 Å². The molecule has 2 N–H and O–H groups in total. The fourth-order valence-corrected chi connectivity index (χ4v) is 2.51. The average Bonchev–Trinajstić information content (AvgIpc) is 2.83. The summed E-state index contributed by atoms with van der Waals surface area (Å²) >= 11 is 0. The van der Waals surface area contributed by atoms with Gasteiger partial charge in [0.2, 0.25) is 0 Å². The van der Waals surface area contributed by atoms with Crippen molar-refractivity contribution in [1.82, 2.24) is 5.32 Å². The SMILES string of the molecule is COC1CCC(NCC(O)COCCCC(C)C)C1. The zero-order chi connectivity index (χ0) is 14.1. The molecule has 4 nitrogen and oxygen atoms in total. The van der Waals surface area contributed by atoms with E-state index in [9.17, 15) is 5.11 Å². The van der Waals surface area contributed by atoms with Crippen molar-refractivity contribution in [3.8, 4) is 0 Å². The molecule has 1 saturated carbocycles. The largest absolute Gasteiger partial charge is 0.389 e. The number of aliphatic hydroxyl groups is 1. The molecule has 0 radical (unpaired) electrons. The Morgan fingerprint density at radius 3 is 2.74 bits per heavy atom. The van der Waals surface area contributed by atoms with Gasteiger partial charge in [-0.1, -0.05) is 13.8 Å². The van der Waals surface area contributed by atoms with Crippen LogP contribution in [0.1, 0.15) is 46.0 Å². The topological polar surface area (TPSA) is 50.7 Å². The van der Waals surface area contributed by atoms with Gasteiger partial charge in [-0.05, 0) is 38.0 Å². The van der Waals surface area contributed by atoms with Crippen LogP contribution in [0, 0.1) is 5.92 Å². The molecule has 0 aromatic carbocycles. The highest BCUT2D eigenvalue weighted by Gasteiger charge is 2.24. The summed E-state index contributed by atoms with van der Waals surface area (Å²) in [5.74, 6) is 0.728. The molecule has 0 aromatic rings. The predicted molar refractivity (Wildman–Crippen MR) is 77.3 cm³/mol. The molecule has 114 valence electrons. The van der Waals surface area contributed by atoms with Crippen molar-refractivity contribution >= 4 is 0 Å². The number of nitrogens with one attached hydrogen (secondary N) is 1. The number of ether oxygens (including phenoxy) is 2. The molecule has 1 rings (SSSR count). The number of methoxy groups -OCH3 is 1. The van der Waals surface area contributed by atoms with E-state index < -0.39 is 6.10 Å². The first kappa shape index (κ1) is 16.9. The van der Waals surface area contributed by atoms with Crippen LogP contribution in [-0.4, -0.2) is 50.2 Å². The molecule has 1 aliphatic carbocycles. The van der Waals surface area contributed by atoms with Crippen molar-refractivity contribution in [3.05, 3.63) is 0 Å². The lowest BCUT2D eigenvalue weighted by molar-refractivity contribution is 0.0331. The smallest absolute Gasteiger partial charge is 0.0897 e. The van der Waals surface area contributed by atoms with Crippen molar-refractivity contribution in [1.29, 1.82) is 0 Å². The van der Waals surface area contributed by atoms with Crippen LogP contribution in [-0.2, 0) is 9.47 Å². The quantitative estimate of drug-likeness (QED) is 0.597. The second-order valence-corrected chi connectivity index (χ2v) is 6.04. The van der Waals surface area contributed by atoms with E-state index in [1.165, 1.54) is 6.42 Å². The summed E-state index contributed by atoms with van der Waals surface area (Å²) in [6.45, 7) is 6.24. The maximum absolute atomic E-state index is 9.82. The Morgan fingerprint density at radius 1 is 1.32 bits per heavy atom. The van der Waals surface area contributed by atoms with Gasteiger partial charge >= 0.3 is 0 Å². The predicted octanol–water partition coefficient (Wildman–Crippen LogP) is 1.96. The molecule has 1 aliphatic rings. The fourth-order valence-electron chi connectivity index (χ4n) is 2.51. The molecular formula is C15H31NO3. The Labute approximate surface area is 117 Å².